The number of methoxy groups -OCH3 is 1. The first-order valence-corrected chi connectivity index (χ1v) is 9.58. The van der Waals surface area contributed by atoms with Crippen LogP contribution in [0.15, 0.2) is 23.0 Å². The fourth-order valence-electron chi connectivity index (χ4n) is 3.74. The molecule has 0 fully saturated rings. The Kier molecular flexibility index (Phi) is 5.16. The maximum Gasteiger partial charge on any atom is 0.257 e. The van der Waals surface area contributed by atoms with Crippen LogP contribution >= 0.6 is 23.2 Å². The molecule has 0 saturated carbocycles. The summed E-state index contributed by atoms with van der Waals surface area (Å²) < 4.78 is 20.6. The van der Waals surface area contributed by atoms with Crippen molar-refractivity contribution in [1.82, 2.24) is 9.55 Å². The van der Waals surface area contributed by atoms with Crippen molar-refractivity contribution in [3.63, 3.8) is 0 Å². The molecule has 4 rings (SSSR count). The minimum atomic E-state index is -1.48. The summed E-state index contributed by atoms with van der Waals surface area (Å²) in [7, 11) is 1.42. The fraction of sp³-hybridized carbons (Fsp3) is 0.250. The lowest BCUT2D eigenvalue weighted by Gasteiger charge is -2.14. The van der Waals surface area contributed by atoms with Gasteiger partial charge in [-0.15, -0.1) is 11.6 Å². The number of aliphatic hydroxyl groups excluding tert-OH is 1. The summed E-state index contributed by atoms with van der Waals surface area (Å²) in [4.78, 5) is 28.8. The zero-order chi connectivity index (χ0) is 20.9. The highest BCUT2D eigenvalue weighted by atomic mass is 35.5. The third-order valence-electron chi connectivity index (χ3n) is 5.11. The van der Waals surface area contributed by atoms with E-state index in [1.807, 2.05) is 0 Å². The van der Waals surface area contributed by atoms with Crippen molar-refractivity contribution >= 4 is 40.4 Å². The molecule has 1 aliphatic heterocycles. The van der Waals surface area contributed by atoms with Crippen LogP contribution in [0.3, 0.4) is 0 Å². The number of carbonyl (C=O) groups excluding carboxylic acids is 1. The summed E-state index contributed by atoms with van der Waals surface area (Å²) in [5, 5.41) is 10.7. The lowest BCUT2D eigenvalue weighted by molar-refractivity contribution is -0.115. The predicted octanol–water partition coefficient (Wildman–Crippen LogP) is 3.34. The third kappa shape index (κ3) is 3.05. The number of halogens is 3. The molecule has 1 atom stereocenters. The molecule has 6 nitrogen and oxygen atoms in total. The van der Waals surface area contributed by atoms with Crippen molar-refractivity contribution in [2.75, 3.05) is 7.11 Å². The highest BCUT2D eigenvalue weighted by Crippen LogP contribution is 2.38. The van der Waals surface area contributed by atoms with Crippen molar-refractivity contribution in [3.8, 4) is 11.4 Å². The van der Waals surface area contributed by atoms with E-state index < -0.39 is 17.5 Å². The van der Waals surface area contributed by atoms with Gasteiger partial charge in [-0.2, -0.15) is 0 Å². The number of aldehydes is 1. The van der Waals surface area contributed by atoms with Crippen LogP contribution in [0, 0.1) is 5.82 Å². The average molecular weight is 437 g/mol. The highest BCUT2D eigenvalue weighted by molar-refractivity contribution is 6.31. The van der Waals surface area contributed by atoms with Gasteiger partial charge in [0.25, 0.3) is 5.56 Å². The van der Waals surface area contributed by atoms with Gasteiger partial charge in [-0.05, 0) is 17.7 Å². The van der Waals surface area contributed by atoms with Crippen LogP contribution in [0.4, 0.5) is 4.39 Å². The maximum atomic E-state index is 14.0. The first kappa shape index (κ1) is 20.0. The monoisotopic (exact) mass is 436 g/mol. The molecule has 0 spiro atoms. The predicted molar refractivity (Wildman–Crippen MR) is 107 cm³/mol. The molecular formula is C20H15Cl2FN2O4. The second-order valence-electron chi connectivity index (χ2n) is 6.70. The quantitative estimate of drug-likeness (QED) is 0.383. The number of aromatic nitrogens is 2. The van der Waals surface area contributed by atoms with E-state index in [1.54, 1.807) is 6.07 Å². The molecule has 9 heteroatoms. The van der Waals surface area contributed by atoms with Crippen LogP contribution < -0.4 is 5.56 Å². The lowest BCUT2D eigenvalue weighted by atomic mass is 10.0. The molecule has 150 valence electrons. The Morgan fingerprint density at radius 1 is 1.38 bits per heavy atom. The van der Waals surface area contributed by atoms with Crippen molar-refractivity contribution in [3.05, 3.63) is 61.6 Å². The molecule has 0 bridgehead atoms. The molecule has 1 aromatic carbocycles. The molecule has 2 aromatic heterocycles. The molecule has 0 radical (unpaired) electrons. The number of benzene rings is 1. The fourth-order valence-corrected chi connectivity index (χ4v) is 4.21. The second-order valence-corrected chi connectivity index (χ2v) is 7.38. The molecule has 29 heavy (non-hydrogen) atoms. The molecule has 1 N–H and O–H groups in total. The van der Waals surface area contributed by atoms with Gasteiger partial charge in [0.2, 0.25) is 0 Å². The second kappa shape index (κ2) is 7.50. The molecule has 3 heterocycles. The van der Waals surface area contributed by atoms with E-state index in [1.165, 1.54) is 23.8 Å². The molecular weight excluding hydrogens is 422 g/mol. The number of fused-ring (bicyclic) bond motifs is 4. The van der Waals surface area contributed by atoms with Crippen LogP contribution in [0.1, 0.15) is 28.4 Å². The number of aliphatic hydroxyl groups is 1. The third-order valence-corrected chi connectivity index (χ3v) is 5.67. The van der Waals surface area contributed by atoms with Crippen LogP contribution in [-0.2, 0) is 28.6 Å². The Morgan fingerprint density at radius 2 is 2.14 bits per heavy atom. The summed E-state index contributed by atoms with van der Waals surface area (Å²) in [6, 6.07) is 4.24. The molecule has 0 saturated heterocycles. The Balaban J connectivity index is 2.05. The van der Waals surface area contributed by atoms with Gasteiger partial charge in [-0.25, -0.2) is 9.37 Å². The van der Waals surface area contributed by atoms with E-state index >= 15 is 0 Å². The topological polar surface area (TPSA) is 81.4 Å². The van der Waals surface area contributed by atoms with Crippen molar-refractivity contribution in [2.24, 2.45) is 0 Å². The molecule has 0 amide bonds. The minimum Gasteiger partial charge on any atom is -0.381 e. The average Bonchev–Trinajstić information content (AvgIpc) is 3.07. The summed E-state index contributed by atoms with van der Waals surface area (Å²) >= 11 is 12.1. The number of hydrogen-bond donors (Lipinski definition) is 1. The summed E-state index contributed by atoms with van der Waals surface area (Å²) in [6.07, 6.45) is -1.14. The maximum absolute atomic E-state index is 14.0. The highest BCUT2D eigenvalue weighted by Gasteiger charge is 2.29. The van der Waals surface area contributed by atoms with Gasteiger partial charge in [0.05, 0.1) is 35.1 Å². The molecule has 1 unspecified atom stereocenters. The molecule has 3 aromatic rings. The number of hydrogen-bond acceptors (Lipinski definition) is 5. The van der Waals surface area contributed by atoms with Crippen molar-refractivity contribution in [1.29, 1.82) is 0 Å². The number of ether oxygens (including phenoxy) is 1. The Bertz CT molecular complexity index is 1230. The number of nitrogens with zero attached hydrogens (tertiary/aromatic N) is 2. The summed E-state index contributed by atoms with van der Waals surface area (Å²) in [5.41, 5.74) is 2.58. The van der Waals surface area contributed by atoms with Crippen LogP contribution in [-0.4, -0.2) is 28.1 Å². The number of carbonyl (C=O) groups is 1. The van der Waals surface area contributed by atoms with Gasteiger partial charge in [0.1, 0.15) is 11.9 Å². The Morgan fingerprint density at radius 3 is 2.79 bits per heavy atom. The van der Waals surface area contributed by atoms with Crippen LogP contribution in [0.2, 0.25) is 5.02 Å². The zero-order valence-corrected chi connectivity index (χ0v) is 16.7. The SMILES string of the molecule is COCc1c(C(O)C=O)cc2n(c1=O)Cc1c-2nc2cc(F)c(Cl)cc2c1CCl. The Hall–Kier alpha value is -2.32. The van der Waals surface area contributed by atoms with Gasteiger partial charge in [-0.3, -0.25) is 4.79 Å². The molecule has 0 aliphatic carbocycles. The zero-order valence-electron chi connectivity index (χ0n) is 15.2. The summed E-state index contributed by atoms with van der Waals surface area (Å²) in [6.45, 7) is 0.145. The van der Waals surface area contributed by atoms with E-state index in [0.29, 0.717) is 39.7 Å². The summed E-state index contributed by atoms with van der Waals surface area (Å²) in [5.74, 6) is -0.504. The van der Waals surface area contributed by atoms with Crippen molar-refractivity contribution in [2.45, 2.75) is 25.1 Å². The van der Waals surface area contributed by atoms with Crippen LogP contribution in [0.25, 0.3) is 22.3 Å². The molecule has 1 aliphatic rings. The number of alkyl halides is 1. The van der Waals surface area contributed by atoms with E-state index in [-0.39, 0.29) is 35.2 Å². The minimum absolute atomic E-state index is 0.0444. The van der Waals surface area contributed by atoms with E-state index in [2.05, 4.69) is 4.98 Å². The first-order valence-electron chi connectivity index (χ1n) is 8.67. The van der Waals surface area contributed by atoms with Crippen molar-refractivity contribution < 1.29 is 19.0 Å². The smallest absolute Gasteiger partial charge is 0.257 e. The number of pyridine rings is 2. The normalized spacial score (nSPS) is 13.4. The van der Waals surface area contributed by atoms with E-state index in [0.717, 1.165) is 0 Å². The van der Waals surface area contributed by atoms with Gasteiger partial charge in [0.15, 0.2) is 6.29 Å². The Labute approximate surface area is 174 Å². The number of rotatable bonds is 5. The van der Waals surface area contributed by atoms with E-state index in [9.17, 15) is 19.1 Å². The standard InChI is InChI=1S/C20H15Cl2FN2O4/c1-29-8-13-10(18(27)7-26)3-17-19-12(6-25(17)20(13)28)11(5-21)9-2-14(22)15(23)4-16(9)24-19/h2-4,7,18,27H,5-6,8H2,1H3. The first-order chi connectivity index (χ1) is 13.9. The largest absolute Gasteiger partial charge is 0.381 e. The van der Waals surface area contributed by atoms with Gasteiger partial charge in [-0.1, -0.05) is 11.6 Å². The van der Waals surface area contributed by atoms with Gasteiger partial charge < -0.3 is 19.2 Å². The van der Waals surface area contributed by atoms with Gasteiger partial charge in [0, 0.05) is 41.1 Å². The van der Waals surface area contributed by atoms with Crippen LogP contribution in [0.5, 0.6) is 0 Å². The van der Waals surface area contributed by atoms with E-state index in [4.69, 9.17) is 27.9 Å². The lowest BCUT2D eigenvalue weighted by Crippen LogP contribution is -2.26. The van der Waals surface area contributed by atoms with Gasteiger partial charge >= 0.3 is 0 Å².